The highest BCUT2D eigenvalue weighted by atomic mass is 32.2. The van der Waals surface area contributed by atoms with Crippen molar-refractivity contribution in [2.45, 2.75) is 0 Å². The number of nitrogen functional groups attached to an aromatic ring is 1. The van der Waals surface area contributed by atoms with Crippen molar-refractivity contribution in [3.05, 3.63) is 35.9 Å². The van der Waals surface area contributed by atoms with Gasteiger partial charge in [0.2, 0.25) is 0 Å². The molecule has 0 radical (unpaired) electrons. The van der Waals surface area contributed by atoms with Crippen LogP contribution in [0.3, 0.4) is 0 Å². The molecule has 1 fully saturated rings. The van der Waals surface area contributed by atoms with Crippen molar-refractivity contribution in [2.75, 3.05) is 30.3 Å². The van der Waals surface area contributed by atoms with E-state index >= 15 is 0 Å². The molecule has 19 heavy (non-hydrogen) atoms. The summed E-state index contributed by atoms with van der Waals surface area (Å²) in [7, 11) is 0. The maximum Gasteiger partial charge on any atom is 0.254 e. The average Bonchev–Trinajstić information content (AvgIpc) is 2.46. The van der Waals surface area contributed by atoms with E-state index in [0.29, 0.717) is 11.4 Å². The van der Waals surface area contributed by atoms with E-state index < -0.39 is 0 Å². The van der Waals surface area contributed by atoms with Gasteiger partial charge in [0.15, 0.2) is 0 Å². The van der Waals surface area contributed by atoms with Gasteiger partial charge in [-0.1, -0.05) is 18.2 Å². The molecule has 2 N–H and O–H groups in total. The Morgan fingerprint density at radius 1 is 1.26 bits per heavy atom. The SMILES string of the molecule is Nc1cc(C(=O)N2CCSCC2)c2ccccc2n1. The molecule has 5 heteroatoms. The second kappa shape index (κ2) is 5.09. The molecule has 0 aliphatic carbocycles. The standard InChI is InChI=1S/C14H15N3OS/c15-13-9-11(10-3-1-2-4-12(10)16-13)14(18)17-5-7-19-8-6-17/h1-4,9H,5-8H2,(H2,15,16). The molecular weight excluding hydrogens is 258 g/mol. The van der Waals surface area contributed by atoms with Crippen molar-refractivity contribution < 1.29 is 4.79 Å². The number of carbonyl (C=O) groups is 1. The van der Waals surface area contributed by atoms with Crippen LogP contribution in [0, 0.1) is 0 Å². The molecule has 1 aliphatic heterocycles. The van der Waals surface area contributed by atoms with Crippen LogP contribution in [-0.2, 0) is 0 Å². The minimum Gasteiger partial charge on any atom is -0.384 e. The van der Waals surface area contributed by atoms with E-state index in [1.54, 1.807) is 6.07 Å². The second-order valence-corrected chi connectivity index (χ2v) is 5.74. The van der Waals surface area contributed by atoms with Crippen LogP contribution in [0.2, 0.25) is 0 Å². The monoisotopic (exact) mass is 273 g/mol. The molecular formula is C14H15N3OS. The van der Waals surface area contributed by atoms with Crippen LogP contribution in [0.15, 0.2) is 30.3 Å². The first-order chi connectivity index (χ1) is 9.25. The van der Waals surface area contributed by atoms with E-state index in [4.69, 9.17) is 5.73 Å². The Morgan fingerprint density at radius 2 is 2.00 bits per heavy atom. The fourth-order valence-electron chi connectivity index (χ4n) is 2.31. The summed E-state index contributed by atoms with van der Waals surface area (Å²) in [4.78, 5) is 18.8. The zero-order valence-corrected chi connectivity index (χ0v) is 11.3. The van der Waals surface area contributed by atoms with Crippen molar-refractivity contribution in [2.24, 2.45) is 0 Å². The topological polar surface area (TPSA) is 59.2 Å². The molecule has 1 amide bonds. The van der Waals surface area contributed by atoms with E-state index in [1.165, 1.54) is 0 Å². The predicted molar refractivity (Wildman–Crippen MR) is 79.4 cm³/mol. The molecule has 0 saturated carbocycles. The number of nitrogens with two attached hydrogens (primary N) is 1. The van der Waals surface area contributed by atoms with E-state index in [-0.39, 0.29) is 5.91 Å². The lowest BCUT2D eigenvalue weighted by atomic mass is 10.1. The van der Waals surface area contributed by atoms with E-state index in [2.05, 4.69) is 4.98 Å². The van der Waals surface area contributed by atoms with Crippen LogP contribution >= 0.6 is 11.8 Å². The molecule has 1 aliphatic rings. The number of amides is 1. The summed E-state index contributed by atoms with van der Waals surface area (Å²) < 4.78 is 0. The minimum absolute atomic E-state index is 0.0607. The van der Waals surface area contributed by atoms with Crippen LogP contribution in [0.1, 0.15) is 10.4 Å². The molecule has 2 heterocycles. The summed E-state index contributed by atoms with van der Waals surface area (Å²) in [5, 5.41) is 0.875. The van der Waals surface area contributed by atoms with E-state index in [9.17, 15) is 4.79 Å². The van der Waals surface area contributed by atoms with Gasteiger partial charge in [0, 0.05) is 30.0 Å². The van der Waals surface area contributed by atoms with Crippen LogP contribution < -0.4 is 5.73 Å². The van der Waals surface area contributed by atoms with Gasteiger partial charge in [0.1, 0.15) is 5.82 Å². The largest absolute Gasteiger partial charge is 0.384 e. The summed E-state index contributed by atoms with van der Waals surface area (Å²) in [6, 6.07) is 9.32. The Balaban J connectivity index is 2.05. The summed E-state index contributed by atoms with van der Waals surface area (Å²) in [6.07, 6.45) is 0. The van der Waals surface area contributed by atoms with Crippen molar-refractivity contribution >= 4 is 34.4 Å². The number of thioether (sulfide) groups is 1. The van der Waals surface area contributed by atoms with Crippen molar-refractivity contribution in [3.63, 3.8) is 0 Å². The third-order valence-corrected chi connectivity index (χ3v) is 4.21. The molecule has 1 saturated heterocycles. The highest BCUT2D eigenvalue weighted by molar-refractivity contribution is 7.99. The number of para-hydroxylation sites is 1. The molecule has 98 valence electrons. The molecule has 4 nitrogen and oxygen atoms in total. The van der Waals surface area contributed by atoms with Crippen LogP contribution in [0.5, 0.6) is 0 Å². The number of carbonyl (C=O) groups excluding carboxylic acids is 1. The number of fused-ring (bicyclic) bond motifs is 1. The molecule has 0 spiro atoms. The third-order valence-electron chi connectivity index (χ3n) is 3.26. The highest BCUT2D eigenvalue weighted by Crippen LogP contribution is 2.22. The first-order valence-corrected chi connectivity index (χ1v) is 7.43. The zero-order chi connectivity index (χ0) is 13.2. The van der Waals surface area contributed by atoms with Gasteiger partial charge in [0.05, 0.1) is 11.1 Å². The minimum atomic E-state index is 0.0607. The van der Waals surface area contributed by atoms with Gasteiger partial charge in [-0.15, -0.1) is 0 Å². The number of benzene rings is 1. The van der Waals surface area contributed by atoms with E-state index in [0.717, 1.165) is 35.5 Å². The Morgan fingerprint density at radius 3 is 2.79 bits per heavy atom. The molecule has 2 aromatic rings. The molecule has 3 rings (SSSR count). The predicted octanol–water partition coefficient (Wildman–Crippen LogP) is 2.01. The molecule has 0 bridgehead atoms. The summed E-state index contributed by atoms with van der Waals surface area (Å²) in [6.45, 7) is 1.61. The highest BCUT2D eigenvalue weighted by Gasteiger charge is 2.20. The number of anilines is 1. The van der Waals surface area contributed by atoms with Gasteiger partial charge in [-0.3, -0.25) is 4.79 Å². The summed E-state index contributed by atoms with van der Waals surface area (Å²) in [5.74, 6) is 2.47. The Hall–Kier alpha value is -1.75. The molecule has 0 unspecified atom stereocenters. The Labute approximate surface area is 116 Å². The van der Waals surface area contributed by atoms with Crippen LogP contribution in [-0.4, -0.2) is 40.4 Å². The van der Waals surface area contributed by atoms with Crippen molar-refractivity contribution in [1.82, 2.24) is 9.88 Å². The fraction of sp³-hybridized carbons (Fsp3) is 0.286. The van der Waals surface area contributed by atoms with Gasteiger partial charge in [0.25, 0.3) is 5.91 Å². The van der Waals surface area contributed by atoms with E-state index in [1.807, 2.05) is 40.9 Å². The number of rotatable bonds is 1. The first kappa shape index (κ1) is 12.3. The third kappa shape index (κ3) is 2.38. The second-order valence-electron chi connectivity index (χ2n) is 4.52. The quantitative estimate of drug-likeness (QED) is 0.863. The maximum atomic E-state index is 12.6. The Bertz CT molecular complexity index is 623. The number of hydrogen-bond acceptors (Lipinski definition) is 4. The van der Waals surface area contributed by atoms with Gasteiger partial charge in [-0.25, -0.2) is 4.98 Å². The zero-order valence-electron chi connectivity index (χ0n) is 10.5. The van der Waals surface area contributed by atoms with Gasteiger partial charge >= 0.3 is 0 Å². The van der Waals surface area contributed by atoms with Crippen molar-refractivity contribution in [3.8, 4) is 0 Å². The smallest absolute Gasteiger partial charge is 0.254 e. The normalized spacial score (nSPS) is 15.7. The fourth-order valence-corrected chi connectivity index (χ4v) is 3.21. The van der Waals surface area contributed by atoms with Gasteiger partial charge in [-0.2, -0.15) is 11.8 Å². The first-order valence-electron chi connectivity index (χ1n) is 6.28. The van der Waals surface area contributed by atoms with Crippen LogP contribution in [0.4, 0.5) is 5.82 Å². The van der Waals surface area contributed by atoms with Crippen molar-refractivity contribution in [1.29, 1.82) is 0 Å². The van der Waals surface area contributed by atoms with Gasteiger partial charge in [-0.05, 0) is 12.1 Å². The van der Waals surface area contributed by atoms with Gasteiger partial charge < -0.3 is 10.6 Å². The summed E-state index contributed by atoms with van der Waals surface area (Å²) >= 11 is 1.89. The Kier molecular flexibility index (Phi) is 3.29. The maximum absolute atomic E-state index is 12.6. The summed E-state index contributed by atoms with van der Waals surface area (Å²) in [5.41, 5.74) is 7.24. The number of pyridine rings is 1. The lowest BCUT2D eigenvalue weighted by Gasteiger charge is -2.26. The average molecular weight is 273 g/mol. The number of aromatic nitrogens is 1. The molecule has 1 aromatic heterocycles. The lowest BCUT2D eigenvalue weighted by molar-refractivity contribution is 0.0774. The lowest BCUT2D eigenvalue weighted by Crippen LogP contribution is -2.38. The molecule has 0 atom stereocenters. The number of hydrogen-bond donors (Lipinski definition) is 1. The molecule has 1 aromatic carbocycles. The van der Waals surface area contributed by atoms with Crippen LogP contribution in [0.25, 0.3) is 10.9 Å². The number of nitrogens with zero attached hydrogens (tertiary/aromatic N) is 2.